The molecule has 2 fully saturated rings. The van der Waals surface area contributed by atoms with E-state index in [-0.39, 0.29) is 18.7 Å². The first kappa shape index (κ1) is 19.3. The number of hydrogen-bond acceptors (Lipinski definition) is 7. The Morgan fingerprint density at radius 3 is 2.76 bits per heavy atom. The number of carbonyl (C=O) groups is 3. The summed E-state index contributed by atoms with van der Waals surface area (Å²) in [5.74, 6) is -1.46. The highest BCUT2D eigenvalue weighted by Gasteiger charge is 2.56. The Kier molecular flexibility index (Phi) is 4.71. The summed E-state index contributed by atoms with van der Waals surface area (Å²) in [4.78, 5) is 41.9. The number of rotatable bonds is 4. The molecule has 0 saturated carbocycles. The third-order valence-corrected chi connectivity index (χ3v) is 5.36. The van der Waals surface area contributed by atoms with Crippen LogP contribution in [-0.4, -0.2) is 81.9 Å². The van der Waals surface area contributed by atoms with Crippen LogP contribution in [-0.2, 0) is 16.1 Å². The average Bonchev–Trinajstić information content (AvgIpc) is 3.04. The molecular weight excluding hydrogens is 381 g/mol. The molecule has 154 valence electrons. The van der Waals surface area contributed by atoms with Crippen LogP contribution < -0.4 is 11.1 Å². The first-order valence-electron chi connectivity index (χ1n) is 9.20. The van der Waals surface area contributed by atoms with E-state index in [0.717, 1.165) is 4.90 Å². The number of imide groups is 1. The molecule has 0 aliphatic carbocycles. The Labute approximate surface area is 166 Å². The number of hydrogen-bond donors (Lipinski definition) is 2. The second kappa shape index (κ2) is 7.08. The Hall–Kier alpha value is -3.05. The predicted molar refractivity (Wildman–Crippen MR) is 100 cm³/mol. The lowest BCUT2D eigenvalue weighted by Crippen LogP contribution is -2.66. The molecule has 1 aromatic rings. The maximum absolute atomic E-state index is 14.1. The van der Waals surface area contributed by atoms with E-state index in [2.05, 4.69) is 10.4 Å². The molecule has 3 N–H and O–H groups in total. The van der Waals surface area contributed by atoms with E-state index >= 15 is 0 Å². The van der Waals surface area contributed by atoms with Gasteiger partial charge in [0.25, 0.3) is 5.91 Å². The van der Waals surface area contributed by atoms with Crippen molar-refractivity contribution in [2.75, 3.05) is 20.1 Å². The highest BCUT2D eigenvalue weighted by molar-refractivity contribution is 6.01. The number of carbonyl (C=O) groups excluding carboxylic acids is 3. The predicted octanol–water partition coefficient (Wildman–Crippen LogP) is -0.720. The average molecular weight is 403 g/mol. The second-order valence-electron chi connectivity index (χ2n) is 7.41. The fourth-order valence-electron chi connectivity index (χ4n) is 4.07. The highest BCUT2D eigenvalue weighted by atomic mass is 19.1. The first-order chi connectivity index (χ1) is 13.8. The number of urea groups is 1. The number of primary amides is 1. The summed E-state index contributed by atoms with van der Waals surface area (Å²) in [7, 11) is 1.58. The van der Waals surface area contributed by atoms with Crippen molar-refractivity contribution in [1.29, 1.82) is 0 Å². The molecule has 3 atom stereocenters. The molecule has 2 saturated heterocycles. The van der Waals surface area contributed by atoms with Crippen LogP contribution in [0.25, 0.3) is 0 Å². The summed E-state index contributed by atoms with van der Waals surface area (Å²) in [5, 5.41) is 9.03. The Morgan fingerprint density at radius 1 is 1.34 bits per heavy atom. The minimum absolute atomic E-state index is 0.129. The van der Waals surface area contributed by atoms with E-state index in [4.69, 9.17) is 5.73 Å². The summed E-state index contributed by atoms with van der Waals surface area (Å²) in [5.41, 5.74) is 6.29. The van der Waals surface area contributed by atoms with Crippen molar-refractivity contribution in [3.05, 3.63) is 35.6 Å². The van der Waals surface area contributed by atoms with Crippen molar-refractivity contribution >= 4 is 23.6 Å². The van der Waals surface area contributed by atoms with Gasteiger partial charge >= 0.3 is 6.03 Å². The molecule has 0 radical (unpaired) electrons. The first-order valence-corrected chi connectivity index (χ1v) is 9.20. The zero-order chi connectivity index (χ0) is 20.9. The van der Waals surface area contributed by atoms with Gasteiger partial charge in [-0.2, -0.15) is 5.10 Å². The van der Waals surface area contributed by atoms with Gasteiger partial charge in [-0.3, -0.25) is 24.8 Å². The third kappa shape index (κ3) is 3.21. The van der Waals surface area contributed by atoms with Gasteiger partial charge in [-0.25, -0.2) is 14.1 Å². The Morgan fingerprint density at radius 2 is 2.07 bits per heavy atom. The standard InChI is InChI=1S/C18H22FN7O3/c1-10-7-24-14-15(21-17(24)26(22-10)9-13(20)27)23(2)18(29)25(16(14)28)8-11-5-3-4-6-12(11)19/h3-6,14-15,17,21H,7-9H2,1-2H3,(H2,20,27). The minimum Gasteiger partial charge on any atom is -0.368 e. The van der Waals surface area contributed by atoms with Crippen LogP contribution in [0, 0.1) is 5.82 Å². The molecule has 0 aromatic heterocycles. The summed E-state index contributed by atoms with van der Waals surface area (Å²) < 4.78 is 14.1. The van der Waals surface area contributed by atoms with Crippen molar-refractivity contribution in [1.82, 2.24) is 25.0 Å². The van der Waals surface area contributed by atoms with Crippen LogP contribution in [0.15, 0.2) is 29.4 Å². The van der Waals surface area contributed by atoms with E-state index < -0.39 is 42.2 Å². The van der Waals surface area contributed by atoms with Crippen LogP contribution in [0.2, 0.25) is 0 Å². The minimum atomic E-state index is -0.699. The van der Waals surface area contributed by atoms with Gasteiger partial charge in [-0.1, -0.05) is 18.2 Å². The maximum Gasteiger partial charge on any atom is 0.328 e. The lowest BCUT2D eigenvalue weighted by molar-refractivity contribution is -0.139. The summed E-state index contributed by atoms with van der Waals surface area (Å²) >= 11 is 0. The Balaban J connectivity index is 1.64. The molecule has 29 heavy (non-hydrogen) atoms. The van der Waals surface area contributed by atoms with Crippen molar-refractivity contribution in [3.63, 3.8) is 0 Å². The smallest absolute Gasteiger partial charge is 0.328 e. The molecule has 0 spiro atoms. The zero-order valence-electron chi connectivity index (χ0n) is 16.1. The molecule has 1 aromatic carbocycles. The van der Waals surface area contributed by atoms with Crippen LogP contribution in [0.5, 0.6) is 0 Å². The van der Waals surface area contributed by atoms with Gasteiger partial charge in [0.15, 0.2) is 6.29 Å². The quantitative estimate of drug-likeness (QED) is 0.686. The number of nitrogens with two attached hydrogens (primary N) is 1. The van der Waals surface area contributed by atoms with E-state index in [1.807, 2.05) is 4.90 Å². The van der Waals surface area contributed by atoms with Gasteiger partial charge in [0.05, 0.1) is 6.54 Å². The lowest BCUT2D eigenvalue weighted by Gasteiger charge is -2.42. The van der Waals surface area contributed by atoms with Gasteiger partial charge in [0.1, 0.15) is 24.6 Å². The normalized spacial score (nSPS) is 27.1. The molecule has 3 unspecified atom stereocenters. The van der Waals surface area contributed by atoms with Crippen LogP contribution >= 0.6 is 0 Å². The van der Waals surface area contributed by atoms with Crippen LogP contribution in [0.4, 0.5) is 9.18 Å². The molecule has 3 aliphatic heterocycles. The number of hydrazone groups is 1. The van der Waals surface area contributed by atoms with E-state index in [1.54, 1.807) is 32.2 Å². The van der Waals surface area contributed by atoms with Crippen molar-refractivity contribution in [3.8, 4) is 0 Å². The number of nitrogens with one attached hydrogen (secondary N) is 1. The zero-order valence-corrected chi connectivity index (χ0v) is 16.1. The molecule has 11 heteroatoms. The van der Waals surface area contributed by atoms with E-state index in [0.29, 0.717) is 12.3 Å². The number of benzene rings is 1. The van der Waals surface area contributed by atoms with Gasteiger partial charge in [0.2, 0.25) is 5.91 Å². The summed E-state index contributed by atoms with van der Waals surface area (Å²) in [6.45, 7) is 1.89. The molecule has 0 bridgehead atoms. The topological polar surface area (TPSA) is 115 Å². The van der Waals surface area contributed by atoms with Crippen LogP contribution in [0.3, 0.4) is 0 Å². The van der Waals surface area contributed by atoms with Gasteiger partial charge in [0, 0.05) is 24.9 Å². The second-order valence-corrected chi connectivity index (χ2v) is 7.41. The third-order valence-electron chi connectivity index (χ3n) is 5.36. The molecule has 10 nitrogen and oxygen atoms in total. The van der Waals surface area contributed by atoms with Gasteiger partial charge in [-0.15, -0.1) is 0 Å². The SMILES string of the molecule is CC1=NN(CC(N)=O)C2NC3C(C(=O)N(Cc4ccccc4F)C(=O)N3C)N2C1. The molecule has 4 amide bonds. The highest BCUT2D eigenvalue weighted by Crippen LogP contribution is 2.30. The van der Waals surface area contributed by atoms with Gasteiger partial charge < -0.3 is 10.6 Å². The number of amides is 4. The van der Waals surface area contributed by atoms with E-state index in [1.165, 1.54) is 16.0 Å². The number of nitrogens with zero attached hydrogens (tertiary/aromatic N) is 5. The molecular formula is C18H22FN7O3. The fraction of sp³-hybridized carbons (Fsp3) is 0.444. The van der Waals surface area contributed by atoms with Crippen molar-refractivity contribution < 1.29 is 18.8 Å². The molecule has 4 rings (SSSR count). The maximum atomic E-state index is 14.1. The number of halogens is 1. The monoisotopic (exact) mass is 403 g/mol. The molecule has 3 aliphatic rings. The lowest BCUT2D eigenvalue weighted by atomic mass is 10.1. The molecule has 3 heterocycles. The largest absolute Gasteiger partial charge is 0.368 e. The summed E-state index contributed by atoms with van der Waals surface area (Å²) in [6, 6.07) is 4.82. The number of likely N-dealkylation sites (N-methyl/N-ethyl adjacent to an activating group) is 1. The van der Waals surface area contributed by atoms with Crippen molar-refractivity contribution in [2.45, 2.75) is 32.0 Å². The van der Waals surface area contributed by atoms with Crippen molar-refractivity contribution in [2.24, 2.45) is 10.8 Å². The fourth-order valence-corrected chi connectivity index (χ4v) is 4.07. The summed E-state index contributed by atoms with van der Waals surface area (Å²) in [6.07, 6.45) is -1.16. The van der Waals surface area contributed by atoms with Crippen LogP contribution in [0.1, 0.15) is 12.5 Å². The van der Waals surface area contributed by atoms with E-state index in [9.17, 15) is 18.8 Å². The Bertz CT molecular complexity index is 907. The van der Waals surface area contributed by atoms with Gasteiger partial charge in [-0.05, 0) is 13.0 Å². The number of fused-ring (bicyclic) bond motifs is 3.